The van der Waals surface area contributed by atoms with Gasteiger partial charge in [-0.2, -0.15) is 0 Å². The molecule has 0 unspecified atom stereocenters. The van der Waals surface area contributed by atoms with Gasteiger partial charge < -0.3 is 20.0 Å². The number of nitrogens with one attached hydrogen (secondary N) is 2. The van der Waals surface area contributed by atoms with Gasteiger partial charge in [0.2, 0.25) is 0 Å². The molecule has 0 spiro atoms. The summed E-state index contributed by atoms with van der Waals surface area (Å²) >= 11 is 0. The van der Waals surface area contributed by atoms with E-state index in [4.69, 9.17) is 4.42 Å². The molecule has 2 N–H and O–H groups in total. The van der Waals surface area contributed by atoms with Crippen LogP contribution >= 0.6 is 0 Å². The minimum atomic E-state index is -0.383. The summed E-state index contributed by atoms with van der Waals surface area (Å²) < 4.78 is 18.1. The highest BCUT2D eigenvalue weighted by Gasteiger charge is 2.27. The van der Waals surface area contributed by atoms with Crippen molar-refractivity contribution in [3.8, 4) is 0 Å². The maximum atomic E-state index is 12.9. The van der Waals surface area contributed by atoms with E-state index in [0.717, 1.165) is 23.2 Å². The maximum absolute atomic E-state index is 12.9. The minimum absolute atomic E-state index is 0.207. The molecule has 4 rings (SSSR count). The van der Waals surface area contributed by atoms with Gasteiger partial charge in [0, 0.05) is 24.5 Å². The van der Waals surface area contributed by atoms with E-state index >= 15 is 0 Å². The molecule has 7 heteroatoms. The monoisotopic (exact) mass is 379 g/mol. The van der Waals surface area contributed by atoms with E-state index < -0.39 is 0 Å². The lowest BCUT2D eigenvalue weighted by Crippen LogP contribution is -2.29. The van der Waals surface area contributed by atoms with Crippen molar-refractivity contribution in [1.82, 2.24) is 5.32 Å². The highest BCUT2D eigenvalue weighted by atomic mass is 19.1. The van der Waals surface area contributed by atoms with Gasteiger partial charge in [-0.3, -0.25) is 4.79 Å². The lowest BCUT2D eigenvalue weighted by molar-refractivity contribution is 0.0963. The van der Waals surface area contributed by atoms with Crippen LogP contribution in [0.5, 0.6) is 0 Å². The fourth-order valence-electron chi connectivity index (χ4n) is 3.16. The van der Waals surface area contributed by atoms with Crippen molar-refractivity contribution in [3.63, 3.8) is 0 Å². The third-order valence-electron chi connectivity index (χ3n) is 4.58. The molecule has 142 valence electrons. The molecule has 1 aliphatic rings. The van der Waals surface area contributed by atoms with Crippen molar-refractivity contribution in [2.75, 3.05) is 16.8 Å². The highest BCUT2D eigenvalue weighted by molar-refractivity contribution is 6.06. The molecule has 3 aromatic rings. The van der Waals surface area contributed by atoms with Crippen LogP contribution in [0.4, 0.5) is 20.6 Å². The van der Waals surface area contributed by atoms with Gasteiger partial charge in [0.1, 0.15) is 5.82 Å². The second kappa shape index (κ2) is 7.56. The predicted molar refractivity (Wildman–Crippen MR) is 103 cm³/mol. The van der Waals surface area contributed by atoms with E-state index in [9.17, 15) is 14.0 Å². The number of benzene rings is 2. The number of carbonyl (C=O) groups is 2. The Balaban J connectivity index is 1.42. The quantitative estimate of drug-likeness (QED) is 0.721. The van der Waals surface area contributed by atoms with Crippen LogP contribution < -0.4 is 15.5 Å². The van der Waals surface area contributed by atoms with Crippen LogP contribution in [-0.4, -0.2) is 18.5 Å². The first kappa shape index (κ1) is 17.8. The van der Waals surface area contributed by atoms with Crippen molar-refractivity contribution < 1.29 is 18.4 Å². The number of nitrogens with zero attached hydrogens (tertiary/aromatic N) is 1. The van der Waals surface area contributed by atoms with Crippen molar-refractivity contribution in [2.24, 2.45) is 0 Å². The van der Waals surface area contributed by atoms with Crippen LogP contribution in [0.3, 0.4) is 0 Å². The predicted octanol–water partition coefficient (Wildman–Crippen LogP) is 3.94. The Bertz CT molecular complexity index is 1000. The number of urea groups is 1. The Morgan fingerprint density at radius 2 is 1.93 bits per heavy atom. The summed E-state index contributed by atoms with van der Waals surface area (Å²) in [6, 6.07) is 14.3. The van der Waals surface area contributed by atoms with Gasteiger partial charge in [-0.25, -0.2) is 9.18 Å². The van der Waals surface area contributed by atoms with E-state index in [0.29, 0.717) is 12.2 Å². The first-order valence-electron chi connectivity index (χ1n) is 8.88. The number of halogens is 1. The standard InChI is InChI=1S/C21H18FN3O3/c22-16-6-3-14(4-7-16)13-23-21(27)24-17-8-5-15-9-10-25(18(15)12-17)20(26)19-2-1-11-28-19/h1-8,11-12H,9-10,13H2,(H2,23,24,27). The Morgan fingerprint density at radius 3 is 2.68 bits per heavy atom. The van der Waals surface area contributed by atoms with Crippen LogP contribution in [-0.2, 0) is 13.0 Å². The summed E-state index contributed by atoms with van der Waals surface area (Å²) in [7, 11) is 0. The lowest BCUT2D eigenvalue weighted by Gasteiger charge is -2.17. The number of anilines is 2. The lowest BCUT2D eigenvalue weighted by atomic mass is 10.1. The molecule has 0 bridgehead atoms. The number of hydrogen-bond donors (Lipinski definition) is 2. The Labute approximate surface area is 161 Å². The topological polar surface area (TPSA) is 74.6 Å². The van der Waals surface area contributed by atoms with Crippen molar-refractivity contribution in [3.05, 3.63) is 83.6 Å². The zero-order valence-electron chi connectivity index (χ0n) is 14.9. The third-order valence-corrected chi connectivity index (χ3v) is 4.58. The number of fused-ring (bicyclic) bond motifs is 1. The molecule has 6 nitrogen and oxygen atoms in total. The maximum Gasteiger partial charge on any atom is 0.319 e. The second-order valence-corrected chi connectivity index (χ2v) is 6.46. The molecule has 0 saturated carbocycles. The van der Waals surface area contributed by atoms with E-state index in [1.165, 1.54) is 18.4 Å². The van der Waals surface area contributed by atoms with Crippen LogP contribution in [0.2, 0.25) is 0 Å². The van der Waals surface area contributed by atoms with Crippen LogP contribution in [0.1, 0.15) is 21.7 Å². The third kappa shape index (κ3) is 3.73. The zero-order chi connectivity index (χ0) is 19.5. The first-order valence-corrected chi connectivity index (χ1v) is 8.88. The molecule has 1 aromatic heterocycles. The number of furan rings is 1. The second-order valence-electron chi connectivity index (χ2n) is 6.46. The highest BCUT2D eigenvalue weighted by Crippen LogP contribution is 2.32. The summed E-state index contributed by atoms with van der Waals surface area (Å²) in [6.07, 6.45) is 2.21. The molecule has 28 heavy (non-hydrogen) atoms. The molecule has 1 aliphatic heterocycles. The molecule has 3 amide bonds. The minimum Gasteiger partial charge on any atom is -0.459 e. The molecule has 0 saturated heterocycles. The fraction of sp³-hybridized carbons (Fsp3) is 0.143. The van der Waals surface area contributed by atoms with Gasteiger partial charge in [0.05, 0.1) is 6.26 Å². The molecular weight excluding hydrogens is 361 g/mol. The Kier molecular flexibility index (Phi) is 4.80. The normalized spacial score (nSPS) is 12.5. The summed E-state index contributed by atoms with van der Waals surface area (Å²) in [6.45, 7) is 0.843. The average molecular weight is 379 g/mol. The molecule has 2 aromatic carbocycles. The van der Waals surface area contributed by atoms with Crippen LogP contribution in [0, 0.1) is 5.82 Å². The summed E-state index contributed by atoms with van der Waals surface area (Å²) in [5, 5.41) is 5.48. The zero-order valence-corrected chi connectivity index (χ0v) is 14.9. The SMILES string of the molecule is O=C(NCc1ccc(F)cc1)Nc1ccc2c(c1)N(C(=O)c1ccco1)CC2. The molecule has 2 heterocycles. The number of hydrogen-bond acceptors (Lipinski definition) is 3. The summed E-state index contributed by atoms with van der Waals surface area (Å²) in [5.41, 5.74) is 3.17. The molecular formula is C21H18FN3O3. The summed E-state index contributed by atoms with van der Waals surface area (Å²) in [5.74, 6) is -0.245. The van der Waals surface area contributed by atoms with E-state index in [2.05, 4.69) is 10.6 Å². The van der Waals surface area contributed by atoms with Gasteiger partial charge >= 0.3 is 6.03 Å². The van der Waals surface area contributed by atoms with E-state index in [-0.39, 0.29) is 30.1 Å². The van der Waals surface area contributed by atoms with E-state index in [1.54, 1.807) is 41.3 Å². The number of carbonyl (C=O) groups excluding carboxylic acids is 2. The van der Waals surface area contributed by atoms with Crippen molar-refractivity contribution >= 4 is 23.3 Å². The van der Waals surface area contributed by atoms with Gasteiger partial charge in [-0.05, 0) is 53.9 Å². The molecule has 0 aliphatic carbocycles. The first-order chi connectivity index (χ1) is 13.6. The van der Waals surface area contributed by atoms with Gasteiger partial charge in [-0.15, -0.1) is 0 Å². The number of rotatable bonds is 4. The Hall–Kier alpha value is -3.61. The van der Waals surface area contributed by atoms with Gasteiger partial charge in [0.25, 0.3) is 5.91 Å². The average Bonchev–Trinajstić information content (AvgIpc) is 3.37. The van der Waals surface area contributed by atoms with Crippen molar-refractivity contribution in [2.45, 2.75) is 13.0 Å². The Morgan fingerprint density at radius 1 is 1.11 bits per heavy atom. The van der Waals surface area contributed by atoms with Gasteiger partial charge in [0.15, 0.2) is 5.76 Å². The molecule has 0 atom stereocenters. The van der Waals surface area contributed by atoms with Crippen molar-refractivity contribution in [1.29, 1.82) is 0 Å². The molecule has 0 radical (unpaired) electrons. The fourth-order valence-corrected chi connectivity index (χ4v) is 3.16. The van der Waals surface area contributed by atoms with E-state index in [1.807, 2.05) is 6.07 Å². The largest absolute Gasteiger partial charge is 0.459 e. The van der Waals surface area contributed by atoms with Gasteiger partial charge in [-0.1, -0.05) is 18.2 Å². The smallest absolute Gasteiger partial charge is 0.319 e. The van der Waals surface area contributed by atoms with Crippen LogP contribution in [0.25, 0.3) is 0 Å². The molecule has 0 fully saturated rings. The van der Waals surface area contributed by atoms with Crippen LogP contribution in [0.15, 0.2) is 65.3 Å². The summed E-state index contributed by atoms with van der Waals surface area (Å²) in [4.78, 5) is 26.4. The number of amides is 3.